The van der Waals surface area contributed by atoms with Gasteiger partial charge >= 0.3 is 23.6 Å². The Kier molecular flexibility index (Phi) is 31.4. The molecule has 0 unspecified atom stereocenters. The number of ether oxygens (including phenoxy) is 1. The number of hydroxylamine groups is 2. The maximum absolute atomic E-state index is 12.7. The molecule has 46 heavy (non-hydrogen) atoms. The highest BCUT2D eigenvalue weighted by Gasteiger charge is 2.49. The van der Waals surface area contributed by atoms with Crippen LogP contribution in [-0.2, 0) is 24.0 Å². The van der Waals surface area contributed by atoms with E-state index < -0.39 is 23.6 Å². The molecule has 0 radical (unpaired) electrons. The molecule has 0 aromatic rings. The first-order valence-electron chi connectivity index (χ1n) is 19.4. The molecule has 272 valence electrons. The molecule has 0 heterocycles. The number of carbonyl (C=O) groups excluding carboxylic acids is 2. The summed E-state index contributed by atoms with van der Waals surface area (Å²) in [6, 6.07) is 0. The van der Waals surface area contributed by atoms with Crippen LogP contribution in [0.25, 0.3) is 0 Å². The summed E-state index contributed by atoms with van der Waals surface area (Å²) < 4.78 is 5.53. The maximum atomic E-state index is 12.7. The topological polar surface area (TPSA) is 93.1 Å². The Morgan fingerprint density at radius 2 is 0.848 bits per heavy atom. The first-order chi connectivity index (χ1) is 22.4. The smallest absolute Gasteiger partial charge is 0.368 e. The van der Waals surface area contributed by atoms with Gasteiger partial charge in [0.05, 0.1) is 5.75 Å². The summed E-state index contributed by atoms with van der Waals surface area (Å²) in [7, 11) is 0. The highest BCUT2D eigenvalue weighted by atomic mass is 32.1. The third-order valence-corrected chi connectivity index (χ3v) is 9.27. The number of rotatable bonds is 35. The Balaban J connectivity index is 4.34. The van der Waals surface area contributed by atoms with Crippen molar-refractivity contribution in [2.24, 2.45) is 0 Å². The fourth-order valence-corrected chi connectivity index (χ4v) is 6.22. The van der Waals surface area contributed by atoms with Crippen molar-refractivity contribution in [2.75, 3.05) is 12.3 Å². The van der Waals surface area contributed by atoms with Gasteiger partial charge in [-0.15, -0.1) is 0 Å². The number of aliphatic carboxylic acids is 1. The van der Waals surface area contributed by atoms with Crippen LogP contribution in [0.3, 0.4) is 0 Å². The van der Waals surface area contributed by atoms with E-state index in [2.05, 4.69) is 26.5 Å². The highest BCUT2D eigenvalue weighted by molar-refractivity contribution is 7.80. The molecule has 1 N–H and O–H groups in total. The molecule has 0 aliphatic carbocycles. The fraction of sp³-hybridized carbons (Fsp3) is 0.921. The van der Waals surface area contributed by atoms with Gasteiger partial charge in [0.25, 0.3) is 0 Å². The lowest BCUT2D eigenvalue weighted by Gasteiger charge is -2.36. The number of hydrogen-bond donors (Lipinski definition) is 2. The standard InChI is InChI=1S/C38H73NO6S/c1-4-7-9-11-13-15-17-19-21-23-25-27-29-31-35(40)44-38(34-46,37(42)43)39(33-6-3)45-36(41)32-30-28-26-24-22-20-18-16-14-12-10-8-5-2/h46H,4-34H2,1-3H3,(H,42,43)/t38-/m0/s1. The van der Waals surface area contributed by atoms with E-state index in [4.69, 9.17) is 9.57 Å². The fourth-order valence-electron chi connectivity index (χ4n) is 5.87. The molecule has 8 heteroatoms. The van der Waals surface area contributed by atoms with Crippen LogP contribution in [0.15, 0.2) is 0 Å². The van der Waals surface area contributed by atoms with Crippen LogP contribution >= 0.6 is 12.6 Å². The Morgan fingerprint density at radius 3 is 1.15 bits per heavy atom. The van der Waals surface area contributed by atoms with Crippen LogP contribution in [0.2, 0.25) is 0 Å². The zero-order valence-electron chi connectivity index (χ0n) is 30.3. The molecule has 0 aliphatic heterocycles. The van der Waals surface area contributed by atoms with Gasteiger partial charge in [-0.25, -0.2) is 4.79 Å². The van der Waals surface area contributed by atoms with Crippen molar-refractivity contribution in [3.8, 4) is 0 Å². The Hall–Kier alpha value is -1.28. The molecule has 0 aromatic heterocycles. The Morgan fingerprint density at radius 1 is 0.522 bits per heavy atom. The van der Waals surface area contributed by atoms with Gasteiger partial charge in [-0.1, -0.05) is 180 Å². The summed E-state index contributed by atoms with van der Waals surface area (Å²) in [6.07, 6.45) is 32.2. The summed E-state index contributed by atoms with van der Waals surface area (Å²) in [4.78, 5) is 43.4. The Bertz CT molecular complexity index is 736. The summed E-state index contributed by atoms with van der Waals surface area (Å²) in [5.41, 5.74) is -2.14. The van der Waals surface area contributed by atoms with Crippen molar-refractivity contribution in [3.63, 3.8) is 0 Å². The second-order valence-electron chi connectivity index (χ2n) is 13.3. The largest absolute Gasteiger partial charge is 0.477 e. The summed E-state index contributed by atoms with van der Waals surface area (Å²) in [6.45, 7) is 6.48. The molecule has 7 nitrogen and oxygen atoms in total. The lowest BCUT2D eigenvalue weighted by atomic mass is 10.0. The van der Waals surface area contributed by atoms with E-state index in [0.29, 0.717) is 19.3 Å². The van der Waals surface area contributed by atoms with Crippen molar-refractivity contribution in [2.45, 2.75) is 213 Å². The van der Waals surface area contributed by atoms with E-state index in [9.17, 15) is 19.5 Å². The van der Waals surface area contributed by atoms with E-state index in [-0.39, 0.29) is 25.1 Å². The molecular formula is C38H73NO6S. The normalized spacial score (nSPS) is 12.7. The summed E-state index contributed by atoms with van der Waals surface area (Å²) in [5.74, 6) is -2.81. The van der Waals surface area contributed by atoms with Gasteiger partial charge in [0, 0.05) is 19.4 Å². The molecule has 0 aromatic carbocycles. The minimum atomic E-state index is -2.14. The number of carboxylic acids is 1. The first kappa shape index (κ1) is 44.7. The number of thiol groups is 1. The van der Waals surface area contributed by atoms with Crippen molar-refractivity contribution in [1.29, 1.82) is 0 Å². The molecule has 0 saturated carbocycles. The summed E-state index contributed by atoms with van der Waals surface area (Å²) in [5, 5.41) is 11.1. The van der Waals surface area contributed by atoms with Gasteiger partial charge in [0.15, 0.2) is 0 Å². The SMILES string of the molecule is CCCCCCCCCCCCCCCC(=O)ON(CCC)[C@@](CS)(OC(=O)CCCCCCCCCCCCCCC)C(=O)O. The average molecular weight is 672 g/mol. The molecule has 0 fully saturated rings. The monoisotopic (exact) mass is 672 g/mol. The zero-order valence-corrected chi connectivity index (χ0v) is 31.2. The average Bonchev–Trinajstić information content (AvgIpc) is 3.04. The number of carboxylic acid groups (broad SMARTS) is 1. The van der Waals surface area contributed by atoms with Gasteiger partial charge in [-0.05, 0) is 19.3 Å². The third-order valence-electron chi connectivity index (χ3n) is 8.84. The molecular weight excluding hydrogens is 598 g/mol. The van der Waals surface area contributed by atoms with Gasteiger partial charge in [0.2, 0.25) is 0 Å². The summed E-state index contributed by atoms with van der Waals surface area (Å²) >= 11 is 4.23. The van der Waals surface area contributed by atoms with Gasteiger partial charge in [0.1, 0.15) is 0 Å². The van der Waals surface area contributed by atoms with Crippen LogP contribution in [-0.4, -0.2) is 46.1 Å². The number of nitrogens with zero attached hydrogens (tertiary/aromatic N) is 1. The minimum absolute atomic E-state index is 0.128. The van der Waals surface area contributed by atoms with E-state index in [1.807, 2.05) is 6.92 Å². The van der Waals surface area contributed by atoms with Crippen LogP contribution in [0.4, 0.5) is 0 Å². The first-order valence-corrected chi connectivity index (χ1v) is 20.1. The van der Waals surface area contributed by atoms with Crippen molar-refractivity contribution in [3.05, 3.63) is 0 Å². The van der Waals surface area contributed by atoms with Crippen molar-refractivity contribution >= 4 is 30.5 Å². The van der Waals surface area contributed by atoms with Crippen LogP contribution < -0.4 is 0 Å². The lowest BCUT2D eigenvalue weighted by molar-refractivity contribution is -0.276. The second kappa shape index (κ2) is 32.3. The quantitative estimate of drug-likeness (QED) is 0.0228. The van der Waals surface area contributed by atoms with E-state index in [1.54, 1.807) is 0 Å². The number of hydrogen-bond acceptors (Lipinski definition) is 7. The molecule has 0 amide bonds. The van der Waals surface area contributed by atoms with Gasteiger partial charge < -0.3 is 14.7 Å². The Labute approximate surface area is 289 Å². The van der Waals surface area contributed by atoms with E-state index in [0.717, 1.165) is 37.2 Å². The zero-order chi connectivity index (χ0) is 34.1. The minimum Gasteiger partial charge on any atom is -0.477 e. The number of unbranched alkanes of at least 4 members (excludes halogenated alkanes) is 24. The predicted octanol–water partition coefficient (Wildman–Crippen LogP) is 11.4. The molecule has 0 bridgehead atoms. The lowest BCUT2D eigenvalue weighted by Crippen LogP contribution is -2.59. The molecule has 0 saturated heterocycles. The predicted molar refractivity (Wildman–Crippen MR) is 194 cm³/mol. The van der Waals surface area contributed by atoms with Crippen LogP contribution in [0.1, 0.15) is 207 Å². The highest BCUT2D eigenvalue weighted by Crippen LogP contribution is 2.24. The molecule has 0 spiro atoms. The molecule has 0 aliphatic rings. The number of esters is 1. The molecule has 0 rings (SSSR count). The second-order valence-corrected chi connectivity index (χ2v) is 13.6. The molecule has 1 atom stereocenters. The van der Waals surface area contributed by atoms with E-state index in [1.165, 1.54) is 122 Å². The van der Waals surface area contributed by atoms with Crippen molar-refractivity contribution in [1.82, 2.24) is 5.06 Å². The van der Waals surface area contributed by atoms with E-state index >= 15 is 0 Å². The number of carbonyl (C=O) groups is 3. The van der Waals surface area contributed by atoms with Crippen molar-refractivity contribution < 1.29 is 29.1 Å². The maximum Gasteiger partial charge on any atom is 0.368 e. The van der Waals surface area contributed by atoms with Gasteiger partial charge in [-0.2, -0.15) is 12.6 Å². The third kappa shape index (κ3) is 23.9. The van der Waals surface area contributed by atoms with Crippen LogP contribution in [0.5, 0.6) is 0 Å². The van der Waals surface area contributed by atoms with Gasteiger partial charge in [-0.3, -0.25) is 9.59 Å². The van der Waals surface area contributed by atoms with Crippen LogP contribution in [0, 0.1) is 0 Å².